The van der Waals surface area contributed by atoms with E-state index in [1.165, 1.54) is 15.4 Å². The van der Waals surface area contributed by atoms with Gasteiger partial charge in [-0.05, 0) is 29.8 Å². The quantitative estimate of drug-likeness (QED) is 0.367. The van der Waals surface area contributed by atoms with Crippen molar-refractivity contribution in [3.8, 4) is 0 Å². The summed E-state index contributed by atoms with van der Waals surface area (Å²) in [5.74, 6) is 0. The van der Waals surface area contributed by atoms with Crippen molar-refractivity contribution < 1.29 is 0 Å². The molecule has 0 aliphatic carbocycles. The number of benzene rings is 3. The lowest BCUT2D eigenvalue weighted by Gasteiger charge is -2.12. The van der Waals surface area contributed by atoms with Crippen molar-refractivity contribution >= 4 is 29.6 Å². The minimum absolute atomic E-state index is 0.333. The fraction of sp³-hybridized carbons (Fsp3) is 0.0476. The predicted octanol–water partition coefficient (Wildman–Crippen LogP) is 6.61. The van der Waals surface area contributed by atoms with Crippen LogP contribution in [-0.2, 0) is 0 Å². The van der Waals surface area contributed by atoms with Gasteiger partial charge in [-0.25, -0.2) is 0 Å². The van der Waals surface area contributed by atoms with Gasteiger partial charge in [-0.1, -0.05) is 78.9 Å². The fourth-order valence-electron chi connectivity index (χ4n) is 2.12. The Morgan fingerprint density at radius 2 is 1.00 bits per heavy atom. The summed E-state index contributed by atoms with van der Waals surface area (Å²) in [5.41, 5.74) is 1.24. The summed E-state index contributed by atoms with van der Waals surface area (Å²) >= 11 is 3.76. The fourth-order valence-corrected chi connectivity index (χ4v) is 4.46. The van der Waals surface area contributed by atoms with Crippen molar-refractivity contribution in [2.75, 3.05) is 0 Å². The van der Waals surface area contributed by atoms with E-state index in [0.29, 0.717) is 4.58 Å². The van der Waals surface area contributed by atoms with Gasteiger partial charge < -0.3 is 0 Å². The molecule has 0 saturated carbocycles. The molecular weight excluding hydrogens is 316 g/mol. The minimum Gasteiger partial charge on any atom is -0.107 e. The molecule has 0 amide bonds. The Labute approximate surface area is 146 Å². The maximum atomic E-state index is 2.28. The van der Waals surface area contributed by atoms with Crippen molar-refractivity contribution in [3.63, 3.8) is 0 Å². The van der Waals surface area contributed by atoms with Crippen molar-refractivity contribution in [3.05, 3.63) is 103 Å². The van der Waals surface area contributed by atoms with Crippen LogP contribution in [0.2, 0.25) is 0 Å². The topological polar surface area (TPSA) is 0 Å². The molecule has 3 aromatic rings. The maximum Gasteiger partial charge on any atom is 0.0779 e. The van der Waals surface area contributed by atoms with E-state index in [1.54, 1.807) is 0 Å². The van der Waals surface area contributed by atoms with Crippen LogP contribution < -0.4 is 0 Å². The van der Waals surface area contributed by atoms with E-state index < -0.39 is 0 Å². The molecule has 0 radical (unpaired) electrons. The first-order valence-corrected chi connectivity index (χ1v) is 9.33. The van der Waals surface area contributed by atoms with Crippen molar-refractivity contribution in [1.29, 1.82) is 0 Å². The Morgan fingerprint density at radius 1 is 0.565 bits per heavy atom. The number of thioether (sulfide) groups is 2. The monoisotopic (exact) mass is 334 g/mol. The molecule has 0 aliphatic heterocycles. The molecule has 0 aliphatic rings. The molecule has 23 heavy (non-hydrogen) atoms. The molecule has 0 spiro atoms. The van der Waals surface area contributed by atoms with E-state index in [2.05, 4.69) is 97.1 Å². The van der Waals surface area contributed by atoms with E-state index in [1.807, 2.05) is 29.6 Å². The van der Waals surface area contributed by atoms with Gasteiger partial charge in [-0.3, -0.25) is 0 Å². The molecule has 3 rings (SSSR count). The molecular formula is C21H18S2. The molecule has 2 heteroatoms. The first kappa shape index (κ1) is 16.0. The second kappa shape index (κ2) is 8.66. The third-order valence-electron chi connectivity index (χ3n) is 3.24. The first-order valence-electron chi connectivity index (χ1n) is 7.57. The number of hydrogen-bond donors (Lipinski definition) is 0. The Bertz CT molecular complexity index is 680. The Hall–Kier alpha value is -1.90. The lowest BCUT2D eigenvalue weighted by Crippen LogP contribution is -1.91. The van der Waals surface area contributed by atoms with Crippen LogP contribution in [0.15, 0.2) is 107 Å². The Morgan fingerprint density at radius 3 is 1.48 bits per heavy atom. The SMILES string of the molecule is C(=C\C(Sc1ccccc1)Sc1ccccc1)/c1ccccc1. The summed E-state index contributed by atoms with van der Waals surface area (Å²) in [6.45, 7) is 0. The highest BCUT2D eigenvalue weighted by Gasteiger charge is 2.09. The van der Waals surface area contributed by atoms with Crippen LogP contribution in [0.5, 0.6) is 0 Å². The Kier molecular flexibility index (Phi) is 6.01. The lowest BCUT2D eigenvalue weighted by molar-refractivity contribution is 1.43. The van der Waals surface area contributed by atoms with Crippen LogP contribution in [0.1, 0.15) is 5.56 Å². The summed E-state index contributed by atoms with van der Waals surface area (Å²) in [4.78, 5) is 2.58. The largest absolute Gasteiger partial charge is 0.107 e. The van der Waals surface area contributed by atoms with Crippen LogP contribution in [0.25, 0.3) is 6.08 Å². The molecule has 0 fully saturated rings. The summed E-state index contributed by atoms with van der Waals surface area (Å²) in [6.07, 6.45) is 4.49. The highest BCUT2D eigenvalue weighted by atomic mass is 32.2. The lowest BCUT2D eigenvalue weighted by atomic mass is 10.2. The van der Waals surface area contributed by atoms with Gasteiger partial charge >= 0.3 is 0 Å². The van der Waals surface area contributed by atoms with Crippen molar-refractivity contribution in [1.82, 2.24) is 0 Å². The molecule has 0 unspecified atom stereocenters. The average molecular weight is 335 g/mol. The minimum atomic E-state index is 0.333. The maximum absolute atomic E-state index is 2.28. The van der Waals surface area contributed by atoms with Gasteiger partial charge in [0, 0.05) is 9.79 Å². The van der Waals surface area contributed by atoms with Gasteiger partial charge in [0.1, 0.15) is 0 Å². The molecule has 0 N–H and O–H groups in total. The smallest absolute Gasteiger partial charge is 0.0779 e. The highest BCUT2D eigenvalue weighted by molar-refractivity contribution is 8.17. The van der Waals surface area contributed by atoms with Crippen LogP contribution in [0.3, 0.4) is 0 Å². The second-order valence-electron chi connectivity index (χ2n) is 5.00. The van der Waals surface area contributed by atoms with Gasteiger partial charge in [-0.15, -0.1) is 23.5 Å². The summed E-state index contributed by atoms with van der Waals surface area (Å²) in [7, 11) is 0. The predicted molar refractivity (Wildman–Crippen MR) is 104 cm³/mol. The van der Waals surface area contributed by atoms with E-state index >= 15 is 0 Å². The average Bonchev–Trinajstić information content (AvgIpc) is 2.62. The number of hydrogen-bond acceptors (Lipinski definition) is 2. The molecule has 114 valence electrons. The standard InChI is InChI=1S/C21H18S2/c1-4-10-18(11-5-1)16-17-21(22-19-12-6-2-7-13-19)23-20-14-8-3-9-15-20/h1-17,21H/b17-16+. The zero-order chi connectivity index (χ0) is 15.7. The summed E-state index contributed by atoms with van der Waals surface area (Å²) < 4.78 is 0.333. The van der Waals surface area contributed by atoms with Crippen LogP contribution >= 0.6 is 23.5 Å². The molecule has 0 bridgehead atoms. The van der Waals surface area contributed by atoms with Gasteiger partial charge in [0.25, 0.3) is 0 Å². The highest BCUT2D eigenvalue weighted by Crippen LogP contribution is 2.36. The zero-order valence-corrected chi connectivity index (χ0v) is 14.3. The third-order valence-corrected chi connectivity index (χ3v) is 5.68. The van der Waals surface area contributed by atoms with E-state index in [-0.39, 0.29) is 0 Å². The Balaban J connectivity index is 1.76. The van der Waals surface area contributed by atoms with Gasteiger partial charge in [0.15, 0.2) is 0 Å². The molecule has 0 aromatic heterocycles. The van der Waals surface area contributed by atoms with Gasteiger partial charge in [-0.2, -0.15) is 0 Å². The van der Waals surface area contributed by atoms with Gasteiger partial charge in [0.05, 0.1) is 4.58 Å². The first-order chi connectivity index (χ1) is 11.4. The van der Waals surface area contributed by atoms with Crippen LogP contribution in [-0.4, -0.2) is 4.58 Å². The van der Waals surface area contributed by atoms with E-state index in [9.17, 15) is 0 Å². The van der Waals surface area contributed by atoms with Gasteiger partial charge in [0.2, 0.25) is 0 Å². The van der Waals surface area contributed by atoms with Crippen molar-refractivity contribution in [2.45, 2.75) is 14.4 Å². The normalized spacial score (nSPS) is 11.2. The molecule has 0 saturated heterocycles. The molecule has 0 heterocycles. The molecule has 0 nitrogen and oxygen atoms in total. The summed E-state index contributed by atoms with van der Waals surface area (Å²) in [6, 6.07) is 31.6. The molecule has 3 aromatic carbocycles. The van der Waals surface area contributed by atoms with Crippen LogP contribution in [0.4, 0.5) is 0 Å². The van der Waals surface area contributed by atoms with E-state index in [4.69, 9.17) is 0 Å². The molecule has 0 atom stereocenters. The zero-order valence-electron chi connectivity index (χ0n) is 12.7. The van der Waals surface area contributed by atoms with E-state index in [0.717, 1.165) is 0 Å². The number of rotatable bonds is 6. The second-order valence-corrected chi connectivity index (χ2v) is 7.73. The summed E-state index contributed by atoms with van der Waals surface area (Å²) in [5, 5.41) is 0. The van der Waals surface area contributed by atoms with Crippen molar-refractivity contribution in [2.24, 2.45) is 0 Å². The third kappa shape index (κ3) is 5.34. The van der Waals surface area contributed by atoms with Crippen LogP contribution in [0, 0.1) is 0 Å².